The summed E-state index contributed by atoms with van der Waals surface area (Å²) in [5, 5.41) is 8.09. The average molecular weight is 781 g/mol. The lowest BCUT2D eigenvalue weighted by molar-refractivity contribution is -0.120. The molecule has 1 aromatic carbocycles. The van der Waals surface area contributed by atoms with Gasteiger partial charge in [0.1, 0.15) is 35.3 Å². The quantitative estimate of drug-likeness (QED) is 0.224. The molecule has 3 fully saturated rings. The molecule has 5 heterocycles. The third-order valence-corrected chi connectivity index (χ3v) is 10.8. The van der Waals surface area contributed by atoms with Crippen molar-refractivity contribution in [3.63, 3.8) is 0 Å². The molecule has 0 unspecified atom stereocenters. The van der Waals surface area contributed by atoms with Crippen LogP contribution in [0, 0.1) is 11.7 Å². The molecule has 2 aromatic heterocycles. The molecular weight excluding hydrogens is 729 g/mol. The first-order valence-electron chi connectivity index (χ1n) is 19.6. The van der Waals surface area contributed by atoms with E-state index in [1.807, 2.05) is 36.6 Å². The van der Waals surface area contributed by atoms with Gasteiger partial charge < -0.3 is 28.9 Å². The van der Waals surface area contributed by atoms with E-state index in [4.69, 9.17) is 14.2 Å². The Labute approximate surface area is 325 Å². The van der Waals surface area contributed by atoms with Crippen LogP contribution in [-0.4, -0.2) is 116 Å². The number of rotatable bonds is 10. The third-order valence-electron chi connectivity index (χ3n) is 10.8. The van der Waals surface area contributed by atoms with E-state index >= 15 is 0 Å². The van der Waals surface area contributed by atoms with Crippen molar-refractivity contribution in [3.8, 4) is 17.4 Å². The number of carbonyl (C=O) groups excluding carboxylic acids is 2. The zero-order chi connectivity index (χ0) is 39.8. The van der Waals surface area contributed by atoms with Crippen LogP contribution in [0.25, 0.3) is 0 Å². The summed E-state index contributed by atoms with van der Waals surface area (Å²) >= 11 is 0. The van der Waals surface area contributed by atoms with E-state index in [9.17, 15) is 22.8 Å². The summed E-state index contributed by atoms with van der Waals surface area (Å²) in [7, 11) is 0. The van der Waals surface area contributed by atoms with Crippen LogP contribution in [0.2, 0.25) is 0 Å². The second-order valence-electron chi connectivity index (χ2n) is 16.7. The number of nitrogens with zero attached hydrogens (tertiary/aromatic N) is 8. The van der Waals surface area contributed by atoms with Gasteiger partial charge in [-0.2, -0.15) is 0 Å². The average Bonchev–Trinajstić information content (AvgIpc) is 3.60. The smallest absolute Gasteiger partial charge is 0.410 e. The Balaban J connectivity index is 0.974. The maximum atomic E-state index is 14.5. The van der Waals surface area contributed by atoms with Gasteiger partial charge in [0.05, 0.1) is 5.56 Å². The number of carbonyl (C=O) groups is 2. The Bertz CT molecular complexity index is 1900. The highest BCUT2D eigenvalue weighted by atomic mass is 19.3. The second kappa shape index (κ2) is 16.0. The van der Waals surface area contributed by atoms with Crippen LogP contribution in [0.3, 0.4) is 0 Å². The van der Waals surface area contributed by atoms with Crippen LogP contribution in [0.5, 0.6) is 17.4 Å². The minimum Gasteiger partial charge on any atom is -0.490 e. The molecule has 3 aromatic rings. The fraction of sp³-hybridized carbons (Fsp3) is 0.600. The lowest BCUT2D eigenvalue weighted by Gasteiger charge is -2.44. The van der Waals surface area contributed by atoms with Crippen LogP contribution in [0.4, 0.5) is 23.8 Å². The molecule has 1 aliphatic carbocycles. The first kappa shape index (κ1) is 39.5. The van der Waals surface area contributed by atoms with E-state index < -0.39 is 48.2 Å². The fourth-order valence-corrected chi connectivity index (χ4v) is 8.13. The summed E-state index contributed by atoms with van der Waals surface area (Å²) in [6.07, 6.45) is 5.05. The molecule has 0 radical (unpaired) electrons. The van der Waals surface area contributed by atoms with Crippen LogP contribution >= 0.6 is 0 Å². The molecule has 2 amide bonds. The zero-order valence-electron chi connectivity index (χ0n) is 32.7. The highest BCUT2D eigenvalue weighted by Gasteiger charge is 2.50. The van der Waals surface area contributed by atoms with Crippen molar-refractivity contribution in [3.05, 3.63) is 59.4 Å². The summed E-state index contributed by atoms with van der Waals surface area (Å²) in [5.74, 6) is -2.41. The van der Waals surface area contributed by atoms with E-state index in [0.717, 1.165) is 55.5 Å². The van der Waals surface area contributed by atoms with Gasteiger partial charge in [-0.25, -0.2) is 22.9 Å². The topological polar surface area (TPSA) is 126 Å². The number of aromatic nitrogens is 4. The largest absolute Gasteiger partial charge is 0.490 e. The van der Waals surface area contributed by atoms with Crippen molar-refractivity contribution >= 4 is 17.8 Å². The number of ether oxygens (including phenoxy) is 3. The van der Waals surface area contributed by atoms with E-state index in [-0.39, 0.29) is 29.4 Å². The summed E-state index contributed by atoms with van der Waals surface area (Å²) in [6, 6.07) is 4.43. The molecule has 0 spiro atoms. The molecular formula is C40H51F3N8O5. The van der Waals surface area contributed by atoms with Gasteiger partial charge in [-0.05, 0) is 71.2 Å². The summed E-state index contributed by atoms with van der Waals surface area (Å²) < 4.78 is 60.5. The Morgan fingerprint density at radius 3 is 2.50 bits per heavy atom. The van der Waals surface area contributed by atoms with E-state index in [1.165, 1.54) is 23.4 Å². The van der Waals surface area contributed by atoms with Crippen molar-refractivity contribution in [2.75, 3.05) is 44.2 Å². The van der Waals surface area contributed by atoms with Gasteiger partial charge in [0, 0.05) is 107 Å². The van der Waals surface area contributed by atoms with Crippen molar-refractivity contribution in [2.24, 2.45) is 5.92 Å². The molecule has 13 nitrogen and oxygen atoms in total. The predicted molar refractivity (Wildman–Crippen MR) is 201 cm³/mol. The van der Waals surface area contributed by atoms with E-state index in [2.05, 4.69) is 25.1 Å². The minimum atomic E-state index is -2.83. The third kappa shape index (κ3) is 9.11. The van der Waals surface area contributed by atoms with Gasteiger partial charge in [-0.15, -0.1) is 10.2 Å². The molecule has 3 aliphatic heterocycles. The van der Waals surface area contributed by atoms with Gasteiger partial charge in [0.15, 0.2) is 5.82 Å². The van der Waals surface area contributed by atoms with E-state index in [0.29, 0.717) is 50.8 Å². The van der Waals surface area contributed by atoms with Gasteiger partial charge >= 0.3 is 6.09 Å². The maximum absolute atomic E-state index is 14.5. The predicted octanol–water partition coefficient (Wildman–Crippen LogP) is 6.51. The Hall–Kier alpha value is -4.73. The first-order valence-corrected chi connectivity index (χ1v) is 19.6. The summed E-state index contributed by atoms with van der Waals surface area (Å²) in [6.45, 7) is 14.2. The Morgan fingerprint density at radius 2 is 1.79 bits per heavy atom. The van der Waals surface area contributed by atoms with Crippen molar-refractivity contribution in [1.29, 1.82) is 0 Å². The monoisotopic (exact) mass is 780 g/mol. The Morgan fingerprint density at radius 1 is 1.02 bits per heavy atom. The maximum Gasteiger partial charge on any atom is 0.410 e. The van der Waals surface area contributed by atoms with Crippen molar-refractivity contribution < 1.29 is 37.0 Å². The van der Waals surface area contributed by atoms with Gasteiger partial charge in [0.25, 0.3) is 17.7 Å². The lowest BCUT2D eigenvalue weighted by Crippen LogP contribution is -2.55. The van der Waals surface area contributed by atoms with Crippen LogP contribution < -0.4 is 14.4 Å². The second-order valence-corrected chi connectivity index (χ2v) is 16.7. The number of piperidine rings is 1. The van der Waals surface area contributed by atoms with Gasteiger partial charge in [0.2, 0.25) is 0 Å². The van der Waals surface area contributed by atoms with Gasteiger partial charge in [-0.3, -0.25) is 14.7 Å². The lowest BCUT2D eigenvalue weighted by atomic mass is 9.85. The molecule has 302 valence electrons. The molecule has 7 rings (SSSR count). The molecule has 1 atom stereocenters. The van der Waals surface area contributed by atoms with Crippen LogP contribution in [0.15, 0.2) is 36.8 Å². The summed E-state index contributed by atoms with van der Waals surface area (Å²) in [4.78, 5) is 43.1. The highest BCUT2D eigenvalue weighted by molar-refractivity contribution is 5.97. The van der Waals surface area contributed by atoms with E-state index in [1.54, 1.807) is 20.0 Å². The standard InChI is InChI=1S/C40H51F3N8O5/c1-25(2)51(28-19-40(42,43)20-28)37(52)30-18-27(41)6-7-33(30)55-36-35(45-24-46-47-36)49-16-10-29(11-17-49)54-34-8-13-44-32-12-14-48(23-31(32)34)21-26-9-15-50(22-26)38(53)56-39(3,4)5/h6-8,13,18,24-26,28-29H,9-12,14-17,19-23H2,1-5H3/t26-/m0/s1. The number of hydrogen-bond acceptors (Lipinski definition) is 11. The molecule has 16 heteroatoms. The Kier molecular flexibility index (Phi) is 11.3. The van der Waals surface area contributed by atoms with Crippen LogP contribution in [-0.2, 0) is 17.7 Å². The molecule has 0 bridgehead atoms. The number of fused-ring (bicyclic) bond motifs is 1. The molecule has 2 saturated heterocycles. The first-order chi connectivity index (χ1) is 26.6. The zero-order valence-corrected chi connectivity index (χ0v) is 32.7. The SMILES string of the molecule is CC(C)N(C(=O)c1cc(F)ccc1Oc1nncnc1N1CCC(Oc2ccnc3c2CN(C[C@@H]2CCN(C(=O)OC(C)(C)C)C2)CC3)CC1)C1CC(F)(F)C1. The molecule has 0 N–H and O–H groups in total. The normalized spacial score (nSPS) is 20.4. The number of amides is 2. The summed E-state index contributed by atoms with van der Waals surface area (Å²) in [5.41, 5.74) is 1.54. The minimum absolute atomic E-state index is 0.0275. The number of anilines is 1. The number of halogens is 3. The fourth-order valence-electron chi connectivity index (χ4n) is 8.13. The number of alkyl halides is 2. The number of benzene rings is 1. The number of pyridine rings is 1. The van der Waals surface area contributed by atoms with Crippen molar-refractivity contribution in [1.82, 2.24) is 34.9 Å². The highest BCUT2D eigenvalue weighted by Crippen LogP contribution is 2.42. The van der Waals surface area contributed by atoms with Gasteiger partial charge in [-0.1, -0.05) is 0 Å². The number of likely N-dealkylation sites (tertiary alicyclic amines) is 1. The number of hydrogen-bond donors (Lipinski definition) is 0. The van der Waals surface area contributed by atoms with Crippen LogP contribution in [0.1, 0.15) is 88.3 Å². The molecule has 1 saturated carbocycles. The molecule has 4 aliphatic rings. The molecule has 56 heavy (non-hydrogen) atoms. The van der Waals surface area contributed by atoms with Crippen molar-refractivity contribution in [2.45, 2.75) is 109 Å².